The molecule has 0 unspecified atom stereocenters. The summed E-state index contributed by atoms with van der Waals surface area (Å²) in [5.41, 5.74) is 1.48. The molecule has 2 N–H and O–H groups in total. The molecule has 1 saturated carbocycles. The lowest BCUT2D eigenvalue weighted by molar-refractivity contribution is 0.0368. The molecule has 0 bridgehead atoms. The van der Waals surface area contributed by atoms with Crippen molar-refractivity contribution in [2.24, 2.45) is 12.0 Å². The lowest BCUT2D eigenvalue weighted by atomic mass is 9.79. The highest BCUT2D eigenvalue weighted by atomic mass is 15.3. The van der Waals surface area contributed by atoms with Gasteiger partial charge in [-0.15, -0.1) is 0 Å². The summed E-state index contributed by atoms with van der Waals surface area (Å²) in [7, 11) is 3.83. The van der Waals surface area contributed by atoms with Gasteiger partial charge in [-0.05, 0) is 44.8 Å². The number of piperidine rings is 1. The van der Waals surface area contributed by atoms with E-state index in [-0.39, 0.29) is 0 Å². The Morgan fingerprint density at radius 3 is 2.48 bits per heavy atom. The molecule has 0 spiro atoms. The molecule has 2 fully saturated rings. The lowest BCUT2D eigenvalue weighted by Gasteiger charge is -2.48. The van der Waals surface area contributed by atoms with Crippen molar-refractivity contribution in [2.75, 3.05) is 26.7 Å². The van der Waals surface area contributed by atoms with Crippen LogP contribution >= 0.6 is 0 Å². The Bertz CT molecular complexity index is 552. The molecule has 2 heterocycles. The van der Waals surface area contributed by atoms with Gasteiger partial charge in [0.15, 0.2) is 5.96 Å². The third-order valence-corrected chi connectivity index (χ3v) is 5.98. The van der Waals surface area contributed by atoms with Crippen LogP contribution in [0.1, 0.15) is 57.1 Å². The summed E-state index contributed by atoms with van der Waals surface area (Å²) in [5.74, 6) is 0.892. The van der Waals surface area contributed by atoms with Crippen molar-refractivity contribution in [1.82, 2.24) is 25.3 Å². The Hall–Kier alpha value is -1.56. The number of aliphatic imine (C=N–C) groups is 1. The molecule has 0 aromatic carbocycles. The number of likely N-dealkylation sites (tertiary alicyclic amines) is 1. The fourth-order valence-electron chi connectivity index (χ4n) is 4.40. The van der Waals surface area contributed by atoms with Crippen LogP contribution in [0.15, 0.2) is 17.3 Å². The molecule has 1 aromatic rings. The molecule has 6 heteroatoms. The molecule has 1 aliphatic heterocycles. The number of hydrogen-bond acceptors (Lipinski definition) is 3. The SMILES string of the molecule is CN=C(NCc1ccnn1C)NCC1(N2CCCCC2)CCCCC1. The van der Waals surface area contributed by atoms with Gasteiger partial charge in [0.1, 0.15) is 0 Å². The fraction of sp³-hybridized carbons (Fsp3) is 0.789. The van der Waals surface area contributed by atoms with Crippen molar-refractivity contribution in [3.8, 4) is 0 Å². The van der Waals surface area contributed by atoms with E-state index < -0.39 is 0 Å². The first kappa shape index (κ1) is 18.2. The minimum atomic E-state index is 0.322. The van der Waals surface area contributed by atoms with Crippen LogP contribution in [0.4, 0.5) is 0 Å². The summed E-state index contributed by atoms with van der Waals surface area (Å²) < 4.78 is 1.90. The molecule has 3 rings (SSSR count). The molecular formula is C19H34N6. The Kier molecular flexibility index (Phi) is 6.34. The van der Waals surface area contributed by atoms with E-state index >= 15 is 0 Å². The van der Waals surface area contributed by atoms with Crippen LogP contribution in [0.3, 0.4) is 0 Å². The Morgan fingerprint density at radius 1 is 1.12 bits per heavy atom. The van der Waals surface area contributed by atoms with Gasteiger partial charge in [0.05, 0.1) is 12.2 Å². The van der Waals surface area contributed by atoms with E-state index in [9.17, 15) is 0 Å². The predicted octanol–water partition coefficient (Wildman–Crippen LogP) is 2.27. The van der Waals surface area contributed by atoms with Crippen LogP contribution in [-0.4, -0.2) is 52.9 Å². The molecule has 1 saturated heterocycles. The van der Waals surface area contributed by atoms with Crippen molar-refractivity contribution < 1.29 is 0 Å². The molecule has 6 nitrogen and oxygen atoms in total. The van der Waals surface area contributed by atoms with Crippen LogP contribution in [0.25, 0.3) is 0 Å². The topological polar surface area (TPSA) is 57.5 Å². The van der Waals surface area contributed by atoms with E-state index in [0.717, 1.165) is 24.7 Å². The second kappa shape index (κ2) is 8.70. The van der Waals surface area contributed by atoms with E-state index in [2.05, 4.69) is 25.6 Å². The fourth-order valence-corrected chi connectivity index (χ4v) is 4.40. The molecule has 0 amide bonds. The van der Waals surface area contributed by atoms with Crippen LogP contribution in [-0.2, 0) is 13.6 Å². The molecule has 2 aliphatic rings. The maximum absolute atomic E-state index is 4.42. The molecule has 140 valence electrons. The minimum Gasteiger partial charge on any atom is -0.355 e. The Labute approximate surface area is 152 Å². The largest absolute Gasteiger partial charge is 0.355 e. The van der Waals surface area contributed by atoms with Gasteiger partial charge in [0, 0.05) is 32.4 Å². The summed E-state index contributed by atoms with van der Waals surface area (Å²) in [5, 5.41) is 11.3. The first-order valence-electron chi connectivity index (χ1n) is 9.90. The highest BCUT2D eigenvalue weighted by molar-refractivity contribution is 5.79. The van der Waals surface area contributed by atoms with Gasteiger partial charge in [0.2, 0.25) is 0 Å². The van der Waals surface area contributed by atoms with Gasteiger partial charge in [0.25, 0.3) is 0 Å². The first-order chi connectivity index (χ1) is 12.2. The highest BCUT2D eigenvalue weighted by Gasteiger charge is 2.38. The maximum atomic E-state index is 4.42. The summed E-state index contributed by atoms with van der Waals surface area (Å²) >= 11 is 0. The normalized spacial score (nSPS) is 21.9. The average molecular weight is 347 g/mol. The number of nitrogens with zero attached hydrogens (tertiary/aromatic N) is 4. The quantitative estimate of drug-likeness (QED) is 0.634. The van der Waals surface area contributed by atoms with Gasteiger partial charge >= 0.3 is 0 Å². The van der Waals surface area contributed by atoms with E-state index in [0.29, 0.717) is 5.54 Å². The van der Waals surface area contributed by atoms with E-state index in [4.69, 9.17) is 0 Å². The molecule has 1 aliphatic carbocycles. The summed E-state index contributed by atoms with van der Waals surface area (Å²) in [4.78, 5) is 7.20. The molecule has 1 aromatic heterocycles. The number of hydrogen-bond donors (Lipinski definition) is 2. The van der Waals surface area contributed by atoms with Crippen molar-refractivity contribution in [3.63, 3.8) is 0 Å². The number of aromatic nitrogens is 2. The summed E-state index contributed by atoms with van der Waals surface area (Å²) in [6.45, 7) is 4.27. The molecular weight excluding hydrogens is 312 g/mol. The molecule has 0 atom stereocenters. The smallest absolute Gasteiger partial charge is 0.191 e. The summed E-state index contributed by atoms with van der Waals surface area (Å²) in [6, 6.07) is 2.04. The zero-order valence-corrected chi connectivity index (χ0v) is 15.9. The number of aryl methyl sites for hydroxylation is 1. The van der Waals surface area contributed by atoms with Gasteiger partial charge < -0.3 is 10.6 Å². The number of nitrogens with one attached hydrogen (secondary N) is 2. The zero-order valence-electron chi connectivity index (χ0n) is 15.9. The average Bonchev–Trinajstić information content (AvgIpc) is 3.08. The first-order valence-corrected chi connectivity index (χ1v) is 9.90. The number of guanidine groups is 1. The van der Waals surface area contributed by atoms with Crippen LogP contribution < -0.4 is 10.6 Å². The van der Waals surface area contributed by atoms with Crippen molar-refractivity contribution in [1.29, 1.82) is 0 Å². The van der Waals surface area contributed by atoms with E-state index in [1.807, 2.05) is 31.0 Å². The standard InChI is InChI=1S/C19H34N6/c1-20-18(21-15-17-9-12-23-24(17)2)22-16-19(10-5-3-6-11-19)25-13-7-4-8-14-25/h9,12H,3-8,10-11,13-16H2,1-2H3,(H2,20,21,22). The summed E-state index contributed by atoms with van der Waals surface area (Å²) in [6.07, 6.45) is 12.7. The second-order valence-corrected chi connectivity index (χ2v) is 7.56. The Morgan fingerprint density at radius 2 is 1.84 bits per heavy atom. The van der Waals surface area contributed by atoms with Gasteiger partial charge in [-0.3, -0.25) is 14.6 Å². The molecule has 0 radical (unpaired) electrons. The van der Waals surface area contributed by atoms with Crippen LogP contribution in [0, 0.1) is 0 Å². The lowest BCUT2D eigenvalue weighted by Crippen LogP contribution is -2.59. The third kappa shape index (κ3) is 4.54. The minimum absolute atomic E-state index is 0.322. The van der Waals surface area contributed by atoms with Crippen LogP contribution in [0.5, 0.6) is 0 Å². The van der Waals surface area contributed by atoms with Crippen molar-refractivity contribution in [3.05, 3.63) is 18.0 Å². The van der Waals surface area contributed by atoms with Crippen LogP contribution in [0.2, 0.25) is 0 Å². The molecule has 25 heavy (non-hydrogen) atoms. The van der Waals surface area contributed by atoms with E-state index in [1.54, 1.807) is 0 Å². The monoisotopic (exact) mass is 346 g/mol. The highest BCUT2D eigenvalue weighted by Crippen LogP contribution is 2.35. The number of rotatable bonds is 5. The predicted molar refractivity (Wildman–Crippen MR) is 103 cm³/mol. The van der Waals surface area contributed by atoms with Gasteiger partial charge in [-0.1, -0.05) is 25.7 Å². The van der Waals surface area contributed by atoms with E-state index in [1.165, 1.54) is 64.5 Å². The Balaban J connectivity index is 1.58. The zero-order chi connectivity index (χ0) is 17.5. The van der Waals surface area contributed by atoms with Crippen molar-refractivity contribution in [2.45, 2.75) is 63.5 Å². The van der Waals surface area contributed by atoms with Crippen molar-refractivity contribution >= 4 is 5.96 Å². The third-order valence-electron chi connectivity index (χ3n) is 5.98. The van der Waals surface area contributed by atoms with Gasteiger partial charge in [-0.2, -0.15) is 5.10 Å². The maximum Gasteiger partial charge on any atom is 0.191 e. The van der Waals surface area contributed by atoms with Gasteiger partial charge in [-0.25, -0.2) is 0 Å². The second-order valence-electron chi connectivity index (χ2n) is 7.56.